The maximum absolute atomic E-state index is 5.96. The average molecular weight is 228 g/mol. The lowest BCUT2D eigenvalue weighted by Gasteiger charge is -2.15. The molecule has 0 aliphatic carbocycles. The minimum absolute atomic E-state index is 0.661. The number of rotatable bonds is 5. The van der Waals surface area contributed by atoms with E-state index in [1.165, 1.54) is 23.6 Å². The van der Waals surface area contributed by atoms with Crippen LogP contribution >= 0.6 is 0 Å². The SMILES string of the molecule is CCC(CC)COc1cccc2ccccc12. The summed E-state index contributed by atoms with van der Waals surface area (Å²) in [6, 6.07) is 14.6. The summed E-state index contributed by atoms with van der Waals surface area (Å²) in [5, 5.41) is 2.45. The minimum Gasteiger partial charge on any atom is -0.493 e. The zero-order valence-corrected chi connectivity index (χ0v) is 10.6. The average Bonchev–Trinajstić information content (AvgIpc) is 2.40. The molecule has 1 heteroatoms. The second-order valence-electron chi connectivity index (χ2n) is 4.47. The highest BCUT2D eigenvalue weighted by atomic mass is 16.5. The smallest absolute Gasteiger partial charge is 0.127 e. The predicted octanol–water partition coefficient (Wildman–Crippen LogP) is 4.65. The van der Waals surface area contributed by atoms with E-state index >= 15 is 0 Å². The van der Waals surface area contributed by atoms with Crippen molar-refractivity contribution in [3.05, 3.63) is 42.5 Å². The third-order valence-electron chi connectivity index (χ3n) is 3.38. The molecule has 0 saturated heterocycles. The Balaban J connectivity index is 2.18. The van der Waals surface area contributed by atoms with E-state index in [0.717, 1.165) is 12.4 Å². The van der Waals surface area contributed by atoms with Crippen LogP contribution in [0.4, 0.5) is 0 Å². The molecule has 0 heterocycles. The summed E-state index contributed by atoms with van der Waals surface area (Å²) in [5.74, 6) is 1.67. The van der Waals surface area contributed by atoms with Crippen molar-refractivity contribution in [3.8, 4) is 5.75 Å². The van der Waals surface area contributed by atoms with Crippen LogP contribution < -0.4 is 4.74 Å². The maximum Gasteiger partial charge on any atom is 0.127 e. The van der Waals surface area contributed by atoms with E-state index < -0.39 is 0 Å². The molecule has 1 nitrogen and oxygen atoms in total. The van der Waals surface area contributed by atoms with Crippen molar-refractivity contribution in [1.82, 2.24) is 0 Å². The van der Waals surface area contributed by atoms with Crippen LogP contribution in [-0.2, 0) is 0 Å². The Labute approximate surface area is 103 Å². The van der Waals surface area contributed by atoms with Gasteiger partial charge in [0.25, 0.3) is 0 Å². The second-order valence-corrected chi connectivity index (χ2v) is 4.47. The third kappa shape index (κ3) is 2.79. The summed E-state index contributed by atoms with van der Waals surface area (Å²) in [4.78, 5) is 0. The number of benzene rings is 2. The van der Waals surface area contributed by atoms with Crippen LogP contribution in [0.2, 0.25) is 0 Å². The molecule has 0 atom stereocenters. The molecule has 0 aliphatic rings. The molecule has 17 heavy (non-hydrogen) atoms. The quantitative estimate of drug-likeness (QED) is 0.723. The highest BCUT2D eigenvalue weighted by Crippen LogP contribution is 2.25. The standard InChI is InChI=1S/C16H20O/c1-3-13(4-2)12-17-16-11-7-9-14-8-5-6-10-15(14)16/h5-11,13H,3-4,12H2,1-2H3. The molecule has 0 aromatic heterocycles. The minimum atomic E-state index is 0.661. The van der Waals surface area contributed by atoms with Gasteiger partial charge in [0.1, 0.15) is 5.75 Å². The predicted molar refractivity (Wildman–Crippen MR) is 73.5 cm³/mol. The Bertz CT molecular complexity index is 466. The van der Waals surface area contributed by atoms with Gasteiger partial charge < -0.3 is 4.74 Å². The van der Waals surface area contributed by atoms with Crippen molar-refractivity contribution < 1.29 is 4.74 Å². The number of ether oxygens (including phenoxy) is 1. The highest BCUT2D eigenvalue weighted by Gasteiger charge is 2.06. The summed E-state index contributed by atoms with van der Waals surface area (Å²) in [6.45, 7) is 5.27. The molecular weight excluding hydrogens is 208 g/mol. The highest BCUT2D eigenvalue weighted by molar-refractivity contribution is 5.88. The first-order valence-electron chi connectivity index (χ1n) is 6.45. The summed E-state index contributed by atoms with van der Waals surface area (Å²) >= 11 is 0. The van der Waals surface area contributed by atoms with Crippen molar-refractivity contribution in [2.75, 3.05) is 6.61 Å². The summed E-state index contributed by atoms with van der Waals surface area (Å²) in [6.07, 6.45) is 2.36. The van der Waals surface area contributed by atoms with E-state index in [9.17, 15) is 0 Å². The van der Waals surface area contributed by atoms with Crippen molar-refractivity contribution in [2.24, 2.45) is 5.92 Å². The second kappa shape index (κ2) is 5.72. The molecule has 0 bridgehead atoms. The molecule has 0 radical (unpaired) electrons. The third-order valence-corrected chi connectivity index (χ3v) is 3.38. The van der Waals surface area contributed by atoms with Crippen molar-refractivity contribution in [3.63, 3.8) is 0 Å². The molecule has 0 spiro atoms. The van der Waals surface area contributed by atoms with E-state index in [-0.39, 0.29) is 0 Å². The maximum atomic E-state index is 5.96. The number of hydrogen-bond donors (Lipinski definition) is 0. The van der Waals surface area contributed by atoms with Gasteiger partial charge in [-0.15, -0.1) is 0 Å². The van der Waals surface area contributed by atoms with Crippen LogP contribution in [0.3, 0.4) is 0 Å². The van der Waals surface area contributed by atoms with Crippen LogP contribution in [0, 0.1) is 5.92 Å². The lowest BCUT2D eigenvalue weighted by molar-refractivity contribution is 0.243. The fourth-order valence-electron chi connectivity index (χ4n) is 2.05. The zero-order valence-electron chi connectivity index (χ0n) is 10.6. The normalized spacial score (nSPS) is 11.0. The number of hydrogen-bond acceptors (Lipinski definition) is 1. The lowest BCUT2D eigenvalue weighted by atomic mass is 10.1. The van der Waals surface area contributed by atoms with Crippen LogP contribution in [0.25, 0.3) is 10.8 Å². The monoisotopic (exact) mass is 228 g/mol. The Morgan fingerprint density at radius 2 is 1.65 bits per heavy atom. The molecule has 2 rings (SSSR count). The molecule has 0 saturated carbocycles. The molecule has 0 amide bonds. The van der Waals surface area contributed by atoms with Gasteiger partial charge in [0.2, 0.25) is 0 Å². The zero-order chi connectivity index (χ0) is 12.1. The Hall–Kier alpha value is -1.50. The first-order chi connectivity index (χ1) is 8.35. The van der Waals surface area contributed by atoms with Crippen LogP contribution in [0.1, 0.15) is 26.7 Å². The van der Waals surface area contributed by atoms with E-state index in [1.807, 2.05) is 0 Å². The molecule has 2 aromatic carbocycles. The molecule has 2 aromatic rings. The summed E-state index contributed by atoms with van der Waals surface area (Å²) in [5.41, 5.74) is 0. The largest absolute Gasteiger partial charge is 0.493 e. The molecule has 0 fully saturated rings. The molecule has 90 valence electrons. The Morgan fingerprint density at radius 1 is 0.941 bits per heavy atom. The van der Waals surface area contributed by atoms with Crippen LogP contribution in [0.5, 0.6) is 5.75 Å². The van der Waals surface area contributed by atoms with Gasteiger partial charge in [0, 0.05) is 5.39 Å². The molecule has 0 unspecified atom stereocenters. The van der Waals surface area contributed by atoms with Crippen LogP contribution in [-0.4, -0.2) is 6.61 Å². The van der Waals surface area contributed by atoms with E-state index in [0.29, 0.717) is 5.92 Å². The van der Waals surface area contributed by atoms with Gasteiger partial charge in [0.15, 0.2) is 0 Å². The van der Waals surface area contributed by atoms with Gasteiger partial charge in [-0.1, -0.05) is 63.1 Å². The van der Waals surface area contributed by atoms with Crippen molar-refractivity contribution in [2.45, 2.75) is 26.7 Å². The number of fused-ring (bicyclic) bond motifs is 1. The van der Waals surface area contributed by atoms with E-state index in [4.69, 9.17) is 4.74 Å². The van der Waals surface area contributed by atoms with Gasteiger partial charge in [-0.2, -0.15) is 0 Å². The first-order valence-corrected chi connectivity index (χ1v) is 6.45. The van der Waals surface area contributed by atoms with E-state index in [2.05, 4.69) is 56.3 Å². The van der Waals surface area contributed by atoms with Crippen molar-refractivity contribution in [1.29, 1.82) is 0 Å². The van der Waals surface area contributed by atoms with Gasteiger partial charge >= 0.3 is 0 Å². The van der Waals surface area contributed by atoms with Crippen molar-refractivity contribution >= 4 is 10.8 Å². The fraction of sp³-hybridized carbons (Fsp3) is 0.375. The van der Waals surface area contributed by atoms with Gasteiger partial charge in [-0.3, -0.25) is 0 Å². The van der Waals surface area contributed by atoms with Gasteiger partial charge in [-0.25, -0.2) is 0 Å². The molecule has 0 aliphatic heterocycles. The first kappa shape index (κ1) is 12.0. The summed E-state index contributed by atoms with van der Waals surface area (Å²) in [7, 11) is 0. The van der Waals surface area contributed by atoms with Gasteiger partial charge in [0.05, 0.1) is 6.61 Å². The topological polar surface area (TPSA) is 9.23 Å². The molecular formula is C16H20O. The molecule has 0 N–H and O–H groups in total. The summed E-state index contributed by atoms with van der Waals surface area (Å²) < 4.78 is 5.96. The fourth-order valence-corrected chi connectivity index (χ4v) is 2.05. The Kier molecular flexibility index (Phi) is 4.03. The van der Waals surface area contributed by atoms with Gasteiger partial charge in [-0.05, 0) is 17.4 Å². The van der Waals surface area contributed by atoms with Crippen LogP contribution in [0.15, 0.2) is 42.5 Å². The lowest BCUT2D eigenvalue weighted by Crippen LogP contribution is -2.10. The Morgan fingerprint density at radius 3 is 2.41 bits per heavy atom. The van der Waals surface area contributed by atoms with E-state index in [1.54, 1.807) is 0 Å².